The van der Waals surface area contributed by atoms with E-state index in [9.17, 15) is 14.4 Å². The molecule has 0 radical (unpaired) electrons. The molecular weight excluding hydrogens is 502 g/mol. The molecule has 1 fully saturated rings. The van der Waals surface area contributed by atoms with Gasteiger partial charge < -0.3 is 20.3 Å². The topological polar surface area (TPSA) is 87.7 Å². The summed E-state index contributed by atoms with van der Waals surface area (Å²) in [6.45, 7) is 11.1. The predicted molar refractivity (Wildman–Crippen MR) is 159 cm³/mol. The van der Waals surface area contributed by atoms with Crippen LogP contribution in [-0.4, -0.2) is 40.5 Å². The second kappa shape index (κ2) is 12.1. The summed E-state index contributed by atoms with van der Waals surface area (Å²) in [6, 6.07) is 19.7. The zero-order valence-electron chi connectivity index (χ0n) is 24.4. The maximum Gasteiger partial charge on any atom is 0.408 e. The first kappa shape index (κ1) is 29.1. The number of carbonyl (C=O) groups is 3. The van der Waals surface area contributed by atoms with E-state index < -0.39 is 23.8 Å². The molecular formula is C33H41N3O4. The van der Waals surface area contributed by atoms with E-state index in [0.717, 1.165) is 41.2 Å². The number of hydrogen-bond acceptors (Lipinski definition) is 4. The summed E-state index contributed by atoms with van der Waals surface area (Å²) < 4.78 is 5.47. The number of nitrogens with one attached hydrogen (secondary N) is 2. The van der Waals surface area contributed by atoms with Gasteiger partial charge in [0.05, 0.1) is 0 Å². The molecule has 212 valence electrons. The second-order valence-electron chi connectivity index (χ2n) is 12.1. The largest absolute Gasteiger partial charge is 0.444 e. The second-order valence-corrected chi connectivity index (χ2v) is 12.1. The van der Waals surface area contributed by atoms with Crippen molar-refractivity contribution in [1.29, 1.82) is 0 Å². The molecule has 3 aromatic rings. The van der Waals surface area contributed by atoms with Crippen molar-refractivity contribution in [3.8, 4) is 0 Å². The van der Waals surface area contributed by atoms with Gasteiger partial charge in [0.1, 0.15) is 17.7 Å². The molecule has 7 heteroatoms. The number of anilines is 1. The van der Waals surface area contributed by atoms with Crippen molar-refractivity contribution < 1.29 is 19.1 Å². The molecule has 1 aliphatic rings. The van der Waals surface area contributed by atoms with Crippen LogP contribution in [0, 0.1) is 12.8 Å². The Hall–Kier alpha value is -3.87. The first-order valence-electron chi connectivity index (χ1n) is 14.1. The summed E-state index contributed by atoms with van der Waals surface area (Å²) in [5.41, 5.74) is 1.75. The van der Waals surface area contributed by atoms with Crippen molar-refractivity contribution in [3.63, 3.8) is 0 Å². The van der Waals surface area contributed by atoms with Crippen LogP contribution in [0.2, 0.25) is 0 Å². The summed E-state index contributed by atoms with van der Waals surface area (Å²) in [5.74, 6) is -0.797. The minimum Gasteiger partial charge on any atom is -0.444 e. The van der Waals surface area contributed by atoms with Gasteiger partial charge in [-0.15, -0.1) is 0 Å². The molecule has 0 bridgehead atoms. The van der Waals surface area contributed by atoms with E-state index in [0.29, 0.717) is 5.69 Å². The van der Waals surface area contributed by atoms with Gasteiger partial charge in [-0.3, -0.25) is 9.59 Å². The lowest BCUT2D eigenvalue weighted by atomic mass is 9.87. The number of hydrogen-bond donors (Lipinski definition) is 2. The van der Waals surface area contributed by atoms with Crippen LogP contribution in [0.1, 0.15) is 71.0 Å². The number of carbonyl (C=O) groups excluding carboxylic acids is 3. The van der Waals surface area contributed by atoms with Gasteiger partial charge in [-0.1, -0.05) is 74.0 Å². The van der Waals surface area contributed by atoms with Crippen LogP contribution in [0.15, 0.2) is 66.7 Å². The zero-order chi connectivity index (χ0) is 29.0. The molecule has 3 amide bonds. The molecule has 0 aromatic heterocycles. The van der Waals surface area contributed by atoms with Crippen molar-refractivity contribution >= 4 is 34.4 Å². The van der Waals surface area contributed by atoms with Gasteiger partial charge in [0.15, 0.2) is 0 Å². The molecule has 0 heterocycles. The fourth-order valence-corrected chi connectivity index (χ4v) is 4.96. The van der Waals surface area contributed by atoms with Crippen molar-refractivity contribution in [2.75, 3.05) is 5.32 Å². The average molecular weight is 544 g/mol. The number of amides is 3. The molecule has 0 aliphatic heterocycles. The standard InChI is InChI=1S/C33H41N3O4/c1-21(2)28(35-32(39)40-33(4,5)6)31(38)36(27-12-9-13-27)29(24-16-14-22(3)15-17-24)30(37)34-26-19-18-23-10-7-8-11-25(23)20-26/h7-8,10-11,14-21,27-29H,9,12-13H2,1-6H3,(H,34,37)(H,35,39). The minimum atomic E-state index is -0.869. The van der Waals surface area contributed by atoms with Gasteiger partial charge >= 0.3 is 6.09 Å². The Bertz CT molecular complexity index is 1360. The number of alkyl carbamates (subject to hydrolysis) is 1. The van der Waals surface area contributed by atoms with Gasteiger partial charge in [-0.05, 0) is 81.3 Å². The molecule has 1 saturated carbocycles. The Morgan fingerprint density at radius 3 is 2.15 bits per heavy atom. The first-order valence-corrected chi connectivity index (χ1v) is 14.1. The molecule has 0 spiro atoms. The van der Waals surface area contributed by atoms with Crippen molar-refractivity contribution in [2.24, 2.45) is 5.92 Å². The SMILES string of the molecule is Cc1ccc(C(C(=O)Nc2ccc3ccccc3c2)N(C(=O)C(NC(=O)OC(C)(C)C)C(C)C)C2CCC2)cc1. The maximum absolute atomic E-state index is 14.3. The van der Waals surface area contributed by atoms with E-state index in [2.05, 4.69) is 10.6 Å². The van der Waals surface area contributed by atoms with E-state index in [-0.39, 0.29) is 23.8 Å². The molecule has 4 rings (SSSR count). The number of nitrogens with zero attached hydrogens (tertiary/aromatic N) is 1. The van der Waals surface area contributed by atoms with Crippen molar-refractivity contribution in [1.82, 2.24) is 10.2 Å². The third-order valence-electron chi connectivity index (χ3n) is 7.26. The highest BCUT2D eigenvalue weighted by atomic mass is 16.6. The molecule has 2 unspecified atom stereocenters. The fraction of sp³-hybridized carbons (Fsp3) is 0.424. The number of rotatable bonds is 8. The van der Waals surface area contributed by atoms with Crippen molar-refractivity contribution in [3.05, 3.63) is 77.9 Å². The summed E-state index contributed by atoms with van der Waals surface area (Å²) >= 11 is 0. The van der Waals surface area contributed by atoms with Crippen LogP contribution in [0.5, 0.6) is 0 Å². The highest BCUT2D eigenvalue weighted by Gasteiger charge is 2.42. The number of ether oxygens (including phenoxy) is 1. The van der Waals surface area contributed by atoms with Crippen LogP contribution in [0.25, 0.3) is 10.8 Å². The highest BCUT2D eigenvalue weighted by molar-refractivity contribution is 6.00. The lowest BCUT2D eigenvalue weighted by Gasteiger charge is -2.44. The molecule has 2 N–H and O–H groups in total. The van der Waals surface area contributed by atoms with E-state index in [1.165, 1.54) is 0 Å². The normalized spacial score (nSPS) is 15.2. The van der Waals surface area contributed by atoms with Gasteiger partial charge in [0.2, 0.25) is 5.91 Å². The Labute approximate surface area is 237 Å². The number of aryl methyl sites for hydroxylation is 1. The third kappa shape index (κ3) is 7.00. The number of benzene rings is 3. The molecule has 3 aromatic carbocycles. The Morgan fingerprint density at radius 2 is 1.57 bits per heavy atom. The molecule has 0 saturated heterocycles. The molecule has 40 heavy (non-hydrogen) atoms. The Kier molecular flexibility index (Phi) is 8.82. The maximum atomic E-state index is 14.3. The van der Waals surface area contributed by atoms with Gasteiger partial charge in [0, 0.05) is 11.7 Å². The van der Waals surface area contributed by atoms with Crippen LogP contribution in [0.4, 0.5) is 10.5 Å². The average Bonchev–Trinajstić information content (AvgIpc) is 2.85. The van der Waals surface area contributed by atoms with Crippen LogP contribution < -0.4 is 10.6 Å². The summed E-state index contributed by atoms with van der Waals surface area (Å²) in [6.07, 6.45) is 1.93. The van der Waals surface area contributed by atoms with Gasteiger partial charge in [-0.25, -0.2) is 4.79 Å². The molecule has 2 atom stereocenters. The van der Waals surface area contributed by atoms with Crippen molar-refractivity contribution in [2.45, 2.75) is 84.5 Å². The van der Waals surface area contributed by atoms with Crippen LogP contribution in [0.3, 0.4) is 0 Å². The van der Waals surface area contributed by atoms with E-state index in [1.807, 2.05) is 87.5 Å². The Balaban J connectivity index is 1.70. The number of fused-ring (bicyclic) bond motifs is 1. The fourth-order valence-electron chi connectivity index (χ4n) is 4.96. The van der Waals surface area contributed by atoms with Gasteiger partial charge in [-0.2, -0.15) is 0 Å². The van der Waals surface area contributed by atoms with Crippen LogP contribution in [-0.2, 0) is 14.3 Å². The summed E-state index contributed by atoms with van der Waals surface area (Å²) in [7, 11) is 0. The van der Waals surface area contributed by atoms with Crippen LogP contribution >= 0.6 is 0 Å². The Morgan fingerprint density at radius 1 is 0.925 bits per heavy atom. The summed E-state index contributed by atoms with van der Waals surface area (Å²) in [5, 5.41) is 7.97. The smallest absolute Gasteiger partial charge is 0.408 e. The minimum absolute atomic E-state index is 0.108. The van der Waals surface area contributed by atoms with E-state index in [1.54, 1.807) is 25.7 Å². The lowest BCUT2D eigenvalue weighted by Crippen LogP contribution is -2.58. The quantitative estimate of drug-likeness (QED) is 0.329. The lowest BCUT2D eigenvalue weighted by molar-refractivity contribution is -0.146. The highest BCUT2D eigenvalue weighted by Crippen LogP contribution is 2.35. The predicted octanol–water partition coefficient (Wildman–Crippen LogP) is 6.76. The third-order valence-corrected chi connectivity index (χ3v) is 7.26. The molecule has 7 nitrogen and oxygen atoms in total. The molecule has 1 aliphatic carbocycles. The first-order chi connectivity index (χ1) is 18.9. The zero-order valence-corrected chi connectivity index (χ0v) is 24.4. The monoisotopic (exact) mass is 543 g/mol. The van der Waals surface area contributed by atoms with E-state index in [4.69, 9.17) is 4.74 Å². The van der Waals surface area contributed by atoms with Gasteiger partial charge in [0.25, 0.3) is 5.91 Å². The van der Waals surface area contributed by atoms with E-state index >= 15 is 0 Å². The summed E-state index contributed by atoms with van der Waals surface area (Å²) in [4.78, 5) is 42.9.